The van der Waals surface area contributed by atoms with Crippen molar-refractivity contribution in [2.45, 2.75) is 26.2 Å². The molecule has 0 fully saturated rings. The molecule has 3 N–H and O–H groups in total. The summed E-state index contributed by atoms with van der Waals surface area (Å²) in [5, 5.41) is 3.39. The van der Waals surface area contributed by atoms with Crippen LogP contribution in [0.5, 0.6) is 0 Å². The smallest absolute Gasteiger partial charge is 0.00369 e. The quantitative estimate of drug-likeness (QED) is 0.668. The monoisotopic (exact) mass is 206 g/mol. The Morgan fingerprint density at radius 3 is 2.40 bits per heavy atom. The molecule has 0 amide bonds. The second-order valence-electron chi connectivity index (χ2n) is 3.98. The van der Waals surface area contributed by atoms with Crippen molar-refractivity contribution < 1.29 is 0 Å². The standard InChI is InChI=1S/C13H22N2/c1-12-5-7-13(8-6-12)4-2-10-15-11-3-9-14/h5-8,15H,2-4,9-11,14H2,1H3. The predicted molar refractivity (Wildman–Crippen MR) is 66.0 cm³/mol. The van der Waals surface area contributed by atoms with E-state index in [4.69, 9.17) is 5.73 Å². The molecular formula is C13H22N2. The number of hydrogen-bond donors (Lipinski definition) is 2. The van der Waals surface area contributed by atoms with Crippen molar-refractivity contribution in [3.63, 3.8) is 0 Å². The fraction of sp³-hybridized carbons (Fsp3) is 0.538. The van der Waals surface area contributed by atoms with Gasteiger partial charge >= 0.3 is 0 Å². The first-order valence-electron chi connectivity index (χ1n) is 5.79. The summed E-state index contributed by atoms with van der Waals surface area (Å²) in [6, 6.07) is 8.79. The molecule has 0 aliphatic carbocycles. The number of hydrogen-bond acceptors (Lipinski definition) is 2. The van der Waals surface area contributed by atoms with E-state index in [9.17, 15) is 0 Å². The lowest BCUT2D eigenvalue weighted by atomic mass is 10.1. The molecular weight excluding hydrogens is 184 g/mol. The van der Waals surface area contributed by atoms with Crippen LogP contribution in [0.15, 0.2) is 24.3 Å². The fourth-order valence-corrected chi connectivity index (χ4v) is 1.52. The Morgan fingerprint density at radius 2 is 1.73 bits per heavy atom. The lowest BCUT2D eigenvalue weighted by Gasteiger charge is -2.04. The van der Waals surface area contributed by atoms with Crippen LogP contribution in [0.3, 0.4) is 0 Å². The van der Waals surface area contributed by atoms with Crippen molar-refractivity contribution in [3.8, 4) is 0 Å². The van der Waals surface area contributed by atoms with Crippen LogP contribution in [0.4, 0.5) is 0 Å². The number of nitrogens with one attached hydrogen (secondary N) is 1. The van der Waals surface area contributed by atoms with Gasteiger partial charge in [0.2, 0.25) is 0 Å². The Kier molecular flexibility index (Phi) is 6.05. The molecule has 2 nitrogen and oxygen atoms in total. The van der Waals surface area contributed by atoms with Gasteiger partial charge in [0, 0.05) is 0 Å². The minimum Gasteiger partial charge on any atom is -0.330 e. The van der Waals surface area contributed by atoms with E-state index in [0.717, 1.165) is 32.5 Å². The van der Waals surface area contributed by atoms with Gasteiger partial charge < -0.3 is 11.1 Å². The third kappa shape index (κ3) is 5.55. The van der Waals surface area contributed by atoms with Crippen LogP contribution < -0.4 is 11.1 Å². The molecule has 0 aliphatic rings. The first-order valence-corrected chi connectivity index (χ1v) is 5.79. The third-order valence-electron chi connectivity index (χ3n) is 2.50. The third-order valence-corrected chi connectivity index (χ3v) is 2.50. The number of benzene rings is 1. The second kappa shape index (κ2) is 7.43. The first kappa shape index (κ1) is 12.2. The molecule has 1 aromatic carbocycles. The van der Waals surface area contributed by atoms with Crippen LogP contribution in [0, 0.1) is 6.92 Å². The van der Waals surface area contributed by atoms with Crippen molar-refractivity contribution in [2.75, 3.05) is 19.6 Å². The zero-order chi connectivity index (χ0) is 10.9. The van der Waals surface area contributed by atoms with Crippen molar-refractivity contribution in [3.05, 3.63) is 35.4 Å². The van der Waals surface area contributed by atoms with Crippen LogP contribution in [0.2, 0.25) is 0 Å². The summed E-state index contributed by atoms with van der Waals surface area (Å²) >= 11 is 0. The highest BCUT2D eigenvalue weighted by Gasteiger charge is 1.92. The summed E-state index contributed by atoms with van der Waals surface area (Å²) < 4.78 is 0. The zero-order valence-corrected chi connectivity index (χ0v) is 9.63. The highest BCUT2D eigenvalue weighted by atomic mass is 14.8. The Balaban J connectivity index is 2.07. The summed E-state index contributed by atoms with van der Waals surface area (Å²) in [5.74, 6) is 0. The van der Waals surface area contributed by atoms with Gasteiger partial charge in [-0.25, -0.2) is 0 Å². The van der Waals surface area contributed by atoms with E-state index in [2.05, 4.69) is 36.5 Å². The van der Waals surface area contributed by atoms with Gasteiger partial charge in [-0.3, -0.25) is 0 Å². The van der Waals surface area contributed by atoms with Gasteiger partial charge in [0.15, 0.2) is 0 Å². The molecule has 1 rings (SSSR count). The molecule has 15 heavy (non-hydrogen) atoms. The number of rotatable bonds is 7. The minimum atomic E-state index is 0.783. The Morgan fingerprint density at radius 1 is 1.07 bits per heavy atom. The van der Waals surface area contributed by atoms with Crippen molar-refractivity contribution in [1.82, 2.24) is 5.32 Å². The van der Waals surface area contributed by atoms with Gasteiger partial charge in [-0.1, -0.05) is 29.8 Å². The maximum Gasteiger partial charge on any atom is -0.00369 e. The molecule has 0 atom stereocenters. The average Bonchev–Trinajstić information content (AvgIpc) is 2.26. The molecule has 0 aromatic heterocycles. The Bertz CT molecular complexity index is 254. The van der Waals surface area contributed by atoms with Crippen LogP contribution in [0.25, 0.3) is 0 Å². The van der Waals surface area contributed by atoms with E-state index < -0.39 is 0 Å². The normalized spacial score (nSPS) is 10.5. The van der Waals surface area contributed by atoms with Gasteiger partial charge in [-0.05, 0) is 51.4 Å². The van der Waals surface area contributed by atoms with E-state index in [1.54, 1.807) is 0 Å². The maximum absolute atomic E-state index is 5.41. The molecule has 1 aromatic rings. The molecule has 0 saturated carbocycles. The van der Waals surface area contributed by atoms with E-state index in [1.807, 2.05) is 0 Å². The molecule has 0 bridgehead atoms. The Labute approximate surface area is 92.9 Å². The first-order chi connectivity index (χ1) is 7.33. The largest absolute Gasteiger partial charge is 0.330 e. The molecule has 84 valence electrons. The topological polar surface area (TPSA) is 38.0 Å². The molecule has 0 unspecified atom stereocenters. The second-order valence-corrected chi connectivity index (χ2v) is 3.98. The maximum atomic E-state index is 5.41. The summed E-state index contributed by atoms with van der Waals surface area (Å²) in [5.41, 5.74) is 8.17. The molecule has 0 heterocycles. The number of nitrogens with two attached hydrogens (primary N) is 1. The van der Waals surface area contributed by atoms with Crippen molar-refractivity contribution in [2.24, 2.45) is 5.73 Å². The van der Waals surface area contributed by atoms with Gasteiger partial charge in [-0.2, -0.15) is 0 Å². The van der Waals surface area contributed by atoms with Crippen molar-refractivity contribution >= 4 is 0 Å². The van der Waals surface area contributed by atoms with E-state index in [-0.39, 0.29) is 0 Å². The Hall–Kier alpha value is -0.860. The number of aryl methyl sites for hydroxylation is 2. The van der Waals surface area contributed by atoms with Gasteiger partial charge in [0.25, 0.3) is 0 Å². The summed E-state index contributed by atoms with van der Waals surface area (Å²) in [6.45, 7) is 5.04. The molecule has 0 saturated heterocycles. The molecule has 0 spiro atoms. The summed E-state index contributed by atoms with van der Waals surface area (Å²) in [4.78, 5) is 0. The summed E-state index contributed by atoms with van der Waals surface area (Å²) in [7, 11) is 0. The SMILES string of the molecule is Cc1ccc(CCCNCCCN)cc1. The molecule has 0 aliphatic heterocycles. The highest BCUT2D eigenvalue weighted by Crippen LogP contribution is 2.05. The lowest BCUT2D eigenvalue weighted by Crippen LogP contribution is -2.19. The van der Waals surface area contributed by atoms with Crippen LogP contribution >= 0.6 is 0 Å². The van der Waals surface area contributed by atoms with Gasteiger partial charge in [0.05, 0.1) is 0 Å². The molecule has 2 heteroatoms. The van der Waals surface area contributed by atoms with Crippen molar-refractivity contribution in [1.29, 1.82) is 0 Å². The van der Waals surface area contributed by atoms with E-state index >= 15 is 0 Å². The van der Waals surface area contributed by atoms with Crippen LogP contribution in [0.1, 0.15) is 24.0 Å². The summed E-state index contributed by atoms with van der Waals surface area (Å²) in [6.07, 6.45) is 3.44. The zero-order valence-electron chi connectivity index (χ0n) is 9.63. The predicted octanol–water partition coefficient (Wildman–Crippen LogP) is 1.87. The minimum absolute atomic E-state index is 0.783. The van der Waals surface area contributed by atoms with E-state index in [0.29, 0.717) is 0 Å². The lowest BCUT2D eigenvalue weighted by molar-refractivity contribution is 0.627. The molecule has 0 radical (unpaired) electrons. The van der Waals surface area contributed by atoms with Gasteiger partial charge in [-0.15, -0.1) is 0 Å². The van der Waals surface area contributed by atoms with E-state index in [1.165, 1.54) is 17.5 Å². The van der Waals surface area contributed by atoms with Gasteiger partial charge in [0.1, 0.15) is 0 Å². The van der Waals surface area contributed by atoms with Crippen LogP contribution in [-0.2, 0) is 6.42 Å². The fourth-order valence-electron chi connectivity index (χ4n) is 1.52. The van der Waals surface area contributed by atoms with Crippen LogP contribution in [-0.4, -0.2) is 19.6 Å². The average molecular weight is 206 g/mol. The highest BCUT2D eigenvalue weighted by molar-refractivity contribution is 5.21.